The third kappa shape index (κ3) is 4.64. The summed E-state index contributed by atoms with van der Waals surface area (Å²) < 4.78 is 0. The minimum atomic E-state index is -0.172. The number of amides is 2. The first kappa shape index (κ1) is 19.8. The minimum Gasteiger partial charge on any atom is -0.363 e. The molecular weight excluding hydrogens is 386 g/mol. The number of rotatable bonds is 7. The SMILES string of the molecule is CN(CCNC(=O)Nc1ccc2nc(NC3CCc4ccccc43)ccc2c1)C1CC1. The van der Waals surface area contributed by atoms with Gasteiger partial charge in [-0.05, 0) is 74.2 Å². The second kappa shape index (κ2) is 8.55. The molecule has 3 N–H and O–H groups in total. The molecule has 2 amide bonds. The zero-order valence-corrected chi connectivity index (χ0v) is 17.9. The van der Waals surface area contributed by atoms with Crippen molar-refractivity contribution < 1.29 is 4.79 Å². The fourth-order valence-corrected chi connectivity index (χ4v) is 4.39. The Bertz CT molecular complexity index is 1090. The molecule has 1 atom stereocenters. The molecule has 0 aliphatic heterocycles. The monoisotopic (exact) mass is 415 g/mol. The smallest absolute Gasteiger partial charge is 0.319 e. The maximum absolute atomic E-state index is 12.2. The van der Waals surface area contributed by atoms with E-state index in [0.29, 0.717) is 18.6 Å². The molecular formula is C25H29N5O. The lowest BCUT2D eigenvalue weighted by atomic mass is 10.1. The summed E-state index contributed by atoms with van der Waals surface area (Å²) in [7, 11) is 2.11. The van der Waals surface area contributed by atoms with Crippen LogP contribution in [0.2, 0.25) is 0 Å². The second-order valence-electron chi connectivity index (χ2n) is 8.63. The van der Waals surface area contributed by atoms with Crippen LogP contribution in [0.25, 0.3) is 10.9 Å². The molecule has 1 heterocycles. The molecule has 160 valence electrons. The van der Waals surface area contributed by atoms with Crippen LogP contribution in [-0.4, -0.2) is 42.1 Å². The summed E-state index contributed by atoms with van der Waals surface area (Å²) in [4.78, 5) is 19.3. The normalized spacial score (nSPS) is 17.5. The van der Waals surface area contributed by atoms with E-state index >= 15 is 0 Å². The van der Waals surface area contributed by atoms with Crippen LogP contribution in [0.15, 0.2) is 54.6 Å². The highest BCUT2D eigenvalue weighted by atomic mass is 16.2. The van der Waals surface area contributed by atoms with Crippen molar-refractivity contribution in [3.8, 4) is 0 Å². The number of likely N-dealkylation sites (N-methyl/N-ethyl adjacent to an activating group) is 1. The van der Waals surface area contributed by atoms with Crippen molar-refractivity contribution in [2.24, 2.45) is 0 Å². The van der Waals surface area contributed by atoms with Crippen molar-refractivity contribution in [2.45, 2.75) is 37.8 Å². The number of carbonyl (C=O) groups is 1. The Labute approximate surface area is 183 Å². The predicted octanol–water partition coefficient (Wildman–Crippen LogP) is 4.55. The maximum Gasteiger partial charge on any atom is 0.319 e. The number of hydrogen-bond donors (Lipinski definition) is 3. The van der Waals surface area contributed by atoms with Crippen molar-refractivity contribution >= 4 is 28.4 Å². The van der Waals surface area contributed by atoms with Gasteiger partial charge in [0.25, 0.3) is 0 Å². The van der Waals surface area contributed by atoms with Gasteiger partial charge in [0.15, 0.2) is 0 Å². The van der Waals surface area contributed by atoms with Gasteiger partial charge >= 0.3 is 6.03 Å². The molecule has 6 heteroatoms. The van der Waals surface area contributed by atoms with Crippen molar-refractivity contribution in [3.63, 3.8) is 0 Å². The van der Waals surface area contributed by atoms with E-state index < -0.39 is 0 Å². The molecule has 1 unspecified atom stereocenters. The molecule has 2 aliphatic carbocycles. The van der Waals surface area contributed by atoms with Crippen molar-refractivity contribution in [1.82, 2.24) is 15.2 Å². The molecule has 0 spiro atoms. The summed E-state index contributed by atoms with van der Waals surface area (Å²) in [5.41, 5.74) is 4.48. The molecule has 6 nitrogen and oxygen atoms in total. The zero-order chi connectivity index (χ0) is 21.2. The highest BCUT2D eigenvalue weighted by Crippen LogP contribution is 2.33. The number of carbonyl (C=O) groups excluding carboxylic acids is 1. The lowest BCUT2D eigenvalue weighted by Crippen LogP contribution is -2.36. The largest absolute Gasteiger partial charge is 0.363 e. The number of nitrogens with zero attached hydrogens (tertiary/aromatic N) is 2. The number of hydrogen-bond acceptors (Lipinski definition) is 4. The van der Waals surface area contributed by atoms with E-state index in [1.807, 2.05) is 24.3 Å². The molecule has 31 heavy (non-hydrogen) atoms. The Balaban J connectivity index is 1.19. The number of benzene rings is 2. The van der Waals surface area contributed by atoms with E-state index in [4.69, 9.17) is 4.98 Å². The molecule has 2 aliphatic rings. The first-order valence-electron chi connectivity index (χ1n) is 11.2. The third-order valence-electron chi connectivity index (χ3n) is 6.32. The number of urea groups is 1. The van der Waals surface area contributed by atoms with Gasteiger partial charge in [-0.2, -0.15) is 0 Å². The van der Waals surface area contributed by atoms with E-state index in [1.54, 1.807) is 0 Å². The Kier molecular flexibility index (Phi) is 5.47. The third-order valence-corrected chi connectivity index (χ3v) is 6.32. The fraction of sp³-hybridized carbons (Fsp3) is 0.360. The van der Waals surface area contributed by atoms with E-state index in [9.17, 15) is 4.79 Å². The lowest BCUT2D eigenvalue weighted by molar-refractivity contribution is 0.249. The molecule has 5 rings (SSSR count). The summed E-state index contributed by atoms with van der Waals surface area (Å²) in [6.45, 7) is 1.52. The van der Waals surface area contributed by atoms with Crippen LogP contribution in [0.3, 0.4) is 0 Å². The van der Waals surface area contributed by atoms with Crippen LogP contribution in [0.5, 0.6) is 0 Å². The molecule has 1 aromatic heterocycles. The molecule has 2 aromatic carbocycles. The van der Waals surface area contributed by atoms with E-state index in [1.165, 1.54) is 24.0 Å². The minimum absolute atomic E-state index is 0.172. The summed E-state index contributed by atoms with van der Waals surface area (Å²) in [6, 6.07) is 19.4. The Morgan fingerprint density at radius 3 is 2.84 bits per heavy atom. The molecule has 0 radical (unpaired) electrons. The maximum atomic E-state index is 12.2. The quantitative estimate of drug-likeness (QED) is 0.530. The topological polar surface area (TPSA) is 69.3 Å². The number of aromatic nitrogens is 1. The summed E-state index contributed by atoms with van der Waals surface area (Å²) in [5.74, 6) is 0.882. The molecule has 0 bridgehead atoms. The van der Waals surface area contributed by atoms with Crippen LogP contribution in [0.4, 0.5) is 16.3 Å². The van der Waals surface area contributed by atoms with Crippen LogP contribution in [0, 0.1) is 0 Å². The summed E-state index contributed by atoms with van der Waals surface area (Å²) in [5, 5.41) is 10.4. The average Bonchev–Trinajstić information content (AvgIpc) is 3.56. The fourth-order valence-electron chi connectivity index (χ4n) is 4.39. The van der Waals surface area contributed by atoms with Gasteiger partial charge in [0.2, 0.25) is 0 Å². The second-order valence-corrected chi connectivity index (χ2v) is 8.63. The Morgan fingerprint density at radius 2 is 1.97 bits per heavy atom. The van der Waals surface area contributed by atoms with Crippen LogP contribution >= 0.6 is 0 Å². The number of anilines is 2. The van der Waals surface area contributed by atoms with Gasteiger partial charge in [-0.1, -0.05) is 24.3 Å². The van der Waals surface area contributed by atoms with E-state index in [-0.39, 0.29) is 6.03 Å². The van der Waals surface area contributed by atoms with Crippen LogP contribution < -0.4 is 16.0 Å². The molecule has 0 saturated heterocycles. The Morgan fingerprint density at radius 1 is 1.10 bits per heavy atom. The van der Waals surface area contributed by atoms with Crippen molar-refractivity contribution in [2.75, 3.05) is 30.8 Å². The van der Waals surface area contributed by atoms with E-state index in [2.05, 4.69) is 58.2 Å². The van der Waals surface area contributed by atoms with Crippen LogP contribution in [0.1, 0.15) is 36.4 Å². The summed E-state index contributed by atoms with van der Waals surface area (Å²) >= 11 is 0. The molecule has 1 saturated carbocycles. The van der Waals surface area contributed by atoms with Gasteiger partial charge in [0.1, 0.15) is 5.82 Å². The van der Waals surface area contributed by atoms with Crippen molar-refractivity contribution in [1.29, 1.82) is 0 Å². The van der Waals surface area contributed by atoms with Crippen molar-refractivity contribution in [3.05, 3.63) is 65.7 Å². The number of pyridine rings is 1. The van der Waals surface area contributed by atoms with Gasteiger partial charge in [0, 0.05) is 30.2 Å². The molecule has 1 fully saturated rings. The predicted molar refractivity (Wildman–Crippen MR) is 126 cm³/mol. The van der Waals surface area contributed by atoms with E-state index in [0.717, 1.165) is 41.8 Å². The standard InChI is InChI=1S/C25H29N5O/c1-30(20-9-10-20)15-14-26-25(31)27-19-8-12-22-18(16-19)7-13-24(28-22)29-23-11-6-17-4-2-3-5-21(17)23/h2-5,7-8,12-13,16,20,23H,6,9-11,14-15H2,1H3,(H,28,29)(H2,26,27,31). The highest BCUT2D eigenvalue weighted by molar-refractivity contribution is 5.92. The average molecular weight is 416 g/mol. The zero-order valence-electron chi connectivity index (χ0n) is 17.9. The highest BCUT2D eigenvalue weighted by Gasteiger charge is 2.25. The summed E-state index contributed by atoms with van der Waals surface area (Å²) in [6.07, 6.45) is 4.75. The van der Waals surface area contributed by atoms with Gasteiger partial charge in [-0.3, -0.25) is 0 Å². The lowest BCUT2D eigenvalue weighted by Gasteiger charge is -2.16. The van der Waals surface area contributed by atoms with Gasteiger partial charge in [-0.25, -0.2) is 9.78 Å². The van der Waals surface area contributed by atoms with Crippen LogP contribution in [-0.2, 0) is 6.42 Å². The number of fused-ring (bicyclic) bond motifs is 2. The first-order chi connectivity index (χ1) is 15.2. The Hall–Kier alpha value is -3.12. The van der Waals surface area contributed by atoms with Gasteiger partial charge in [0.05, 0.1) is 11.6 Å². The first-order valence-corrected chi connectivity index (χ1v) is 11.2. The van der Waals surface area contributed by atoms with Gasteiger partial charge < -0.3 is 20.9 Å². The van der Waals surface area contributed by atoms with Gasteiger partial charge in [-0.15, -0.1) is 0 Å². The number of aryl methyl sites for hydroxylation is 1. The number of nitrogens with one attached hydrogen (secondary N) is 3. The molecule has 3 aromatic rings.